The number of aromatic nitrogens is 2. The van der Waals surface area contributed by atoms with E-state index in [-0.39, 0.29) is 5.56 Å². The van der Waals surface area contributed by atoms with Crippen LogP contribution in [0.25, 0.3) is 0 Å². The van der Waals surface area contributed by atoms with Crippen molar-refractivity contribution < 1.29 is 0 Å². The quantitative estimate of drug-likeness (QED) is 0.695. The summed E-state index contributed by atoms with van der Waals surface area (Å²) in [6, 6.07) is 6.71. The van der Waals surface area contributed by atoms with Gasteiger partial charge in [0.25, 0.3) is 5.56 Å². The number of rotatable bonds is 3. The number of H-pyrrole nitrogens is 1. The molecule has 3 nitrogen and oxygen atoms in total. The maximum Gasteiger partial charge on any atom is 0.251 e. The van der Waals surface area contributed by atoms with Crippen molar-refractivity contribution in [2.45, 2.75) is 10.9 Å². The third-order valence-electron chi connectivity index (χ3n) is 2.03. The van der Waals surface area contributed by atoms with Gasteiger partial charge < -0.3 is 4.98 Å². The smallest absolute Gasteiger partial charge is 0.251 e. The number of aromatic amines is 1. The van der Waals surface area contributed by atoms with Crippen molar-refractivity contribution in [1.29, 1.82) is 0 Å². The highest BCUT2D eigenvalue weighted by molar-refractivity contribution is 7.98. The maximum absolute atomic E-state index is 11.1. The number of nitrogens with one attached hydrogen (secondary N) is 1. The molecule has 0 saturated carbocycles. The predicted octanol–water partition coefficient (Wildman–Crippen LogP) is 3.37. The number of halogens is 2. The Kier molecular flexibility index (Phi) is 4.10. The molecule has 0 aliphatic heterocycles. The third-order valence-corrected chi connectivity index (χ3v) is 3.55. The van der Waals surface area contributed by atoms with Crippen molar-refractivity contribution in [3.63, 3.8) is 0 Å². The Hall–Kier alpha value is -0.970. The summed E-state index contributed by atoms with van der Waals surface area (Å²) in [4.78, 5) is 17.7. The van der Waals surface area contributed by atoms with Crippen LogP contribution < -0.4 is 5.56 Å². The molecule has 0 bridgehead atoms. The van der Waals surface area contributed by atoms with Crippen LogP contribution in [0.1, 0.15) is 5.56 Å². The van der Waals surface area contributed by atoms with Crippen molar-refractivity contribution >= 4 is 35.0 Å². The maximum atomic E-state index is 11.1. The molecule has 1 aromatic heterocycles. The lowest BCUT2D eigenvalue weighted by molar-refractivity contribution is 0.936. The minimum atomic E-state index is -0.162. The van der Waals surface area contributed by atoms with Gasteiger partial charge in [-0.05, 0) is 17.7 Å². The van der Waals surface area contributed by atoms with Crippen LogP contribution in [0.4, 0.5) is 0 Å². The number of hydrogen-bond acceptors (Lipinski definition) is 3. The second-order valence-corrected chi connectivity index (χ2v) is 5.07. The van der Waals surface area contributed by atoms with Crippen LogP contribution in [-0.2, 0) is 5.75 Å². The zero-order valence-corrected chi connectivity index (χ0v) is 10.9. The SMILES string of the molecule is O=c1ccnc(SCc2ccc(Cl)cc2Cl)[nH]1. The summed E-state index contributed by atoms with van der Waals surface area (Å²) in [6.45, 7) is 0. The van der Waals surface area contributed by atoms with Crippen LogP contribution in [0.3, 0.4) is 0 Å². The van der Waals surface area contributed by atoms with Gasteiger partial charge in [0.15, 0.2) is 5.16 Å². The normalized spacial score (nSPS) is 10.5. The molecule has 2 rings (SSSR count). The topological polar surface area (TPSA) is 45.8 Å². The zero-order valence-electron chi connectivity index (χ0n) is 8.61. The lowest BCUT2D eigenvalue weighted by Gasteiger charge is -2.03. The Labute approximate surface area is 112 Å². The van der Waals surface area contributed by atoms with Crippen LogP contribution in [0.5, 0.6) is 0 Å². The number of nitrogens with zero attached hydrogens (tertiary/aromatic N) is 1. The molecule has 1 heterocycles. The number of hydrogen-bond donors (Lipinski definition) is 1. The average molecular weight is 287 g/mol. The van der Waals surface area contributed by atoms with Crippen LogP contribution in [0.15, 0.2) is 40.4 Å². The van der Waals surface area contributed by atoms with Gasteiger partial charge in [0.1, 0.15) is 0 Å². The van der Waals surface area contributed by atoms with Crippen LogP contribution in [0, 0.1) is 0 Å². The number of thioether (sulfide) groups is 1. The molecule has 88 valence electrons. The van der Waals surface area contributed by atoms with Gasteiger partial charge >= 0.3 is 0 Å². The fourth-order valence-corrected chi connectivity index (χ4v) is 2.62. The van der Waals surface area contributed by atoms with Crippen LogP contribution >= 0.6 is 35.0 Å². The summed E-state index contributed by atoms with van der Waals surface area (Å²) in [5, 5.41) is 1.79. The van der Waals surface area contributed by atoms with E-state index in [9.17, 15) is 4.79 Å². The average Bonchev–Trinajstić information content (AvgIpc) is 2.28. The van der Waals surface area contributed by atoms with E-state index in [0.717, 1.165) is 5.56 Å². The van der Waals surface area contributed by atoms with E-state index < -0.39 is 0 Å². The van der Waals surface area contributed by atoms with E-state index in [0.29, 0.717) is 21.0 Å². The monoisotopic (exact) mass is 286 g/mol. The minimum Gasteiger partial charge on any atom is -0.301 e. The van der Waals surface area contributed by atoms with Gasteiger partial charge in [0.2, 0.25) is 0 Å². The summed E-state index contributed by atoms with van der Waals surface area (Å²) in [5.74, 6) is 0.628. The Morgan fingerprint density at radius 2 is 2.12 bits per heavy atom. The predicted molar refractivity (Wildman–Crippen MR) is 70.9 cm³/mol. The molecule has 0 aliphatic carbocycles. The molecule has 1 N–H and O–H groups in total. The Morgan fingerprint density at radius 1 is 1.29 bits per heavy atom. The Balaban J connectivity index is 2.10. The molecule has 0 radical (unpaired) electrons. The molecule has 0 saturated heterocycles. The van der Waals surface area contributed by atoms with Gasteiger partial charge in [0.05, 0.1) is 0 Å². The van der Waals surface area contributed by atoms with Crippen molar-refractivity contribution in [3.8, 4) is 0 Å². The van der Waals surface area contributed by atoms with E-state index in [1.54, 1.807) is 12.1 Å². The Bertz CT molecular complexity index is 586. The van der Waals surface area contributed by atoms with Gasteiger partial charge in [-0.2, -0.15) is 0 Å². The molecule has 2 aromatic rings. The zero-order chi connectivity index (χ0) is 12.3. The van der Waals surface area contributed by atoms with Gasteiger partial charge in [0, 0.05) is 28.1 Å². The van der Waals surface area contributed by atoms with E-state index in [1.165, 1.54) is 24.0 Å². The molecule has 0 amide bonds. The molecule has 0 fully saturated rings. The molecule has 0 unspecified atom stereocenters. The van der Waals surface area contributed by atoms with Crippen molar-refractivity contribution in [2.24, 2.45) is 0 Å². The fraction of sp³-hybridized carbons (Fsp3) is 0.0909. The summed E-state index contributed by atoms with van der Waals surface area (Å²) < 4.78 is 0. The minimum absolute atomic E-state index is 0.162. The highest BCUT2D eigenvalue weighted by Gasteiger charge is 2.03. The third kappa shape index (κ3) is 3.49. The molecular weight excluding hydrogens is 279 g/mol. The second-order valence-electron chi connectivity index (χ2n) is 3.26. The molecule has 0 spiro atoms. The van der Waals surface area contributed by atoms with Crippen LogP contribution in [-0.4, -0.2) is 9.97 Å². The van der Waals surface area contributed by atoms with Gasteiger partial charge in [-0.3, -0.25) is 4.79 Å². The summed E-state index contributed by atoms with van der Waals surface area (Å²) >= 11 is 13.3. The van der Waals surface area contributed by atoms with Gasteiger partial charge in [-0.25, -0.2) is 4.98 Å². The van der Waals surface area contributed by atoms with Gasteiger partial charge in [-0.15, -0.1) is 0 Å². The molecular formula is C11H8Cl2N2OS. The molecule has 1 aromatic carbocycles. The largest absolute Gasteiger partial charge is 0.301 e. The molecule has 6 heteroatoms. The molecule has 0 atom stereocenters. The lowest BCUT2D eigenvalue weighted by atomic mass is 10.2. The fourth-order valence-electron chi connectivity index (χ4n) is 1.21. The first-order valence-electron chi connectivity index (χ1n) is 4.77. The first kappa shape index (κ1) is 12.5. The highest BCUT2D eigenvalue weighted by atomic mass is 35.5. The van der Waals surface area contributed by atoms with E-state index >= 15 is 0 Å². The lowest BCUT2D eigenvalue weighted by Crippen LogP contribution is -2.05. The van der Waals surface area contributed by atoms with E-state index in [2.05, 4.69) is 9.97 Å². The van der Waals surface area contributed by atoms with E-state index in [1.807, 2.05) is 6.07 Å². The number of benzene rings is 1. The second kappa shape index (κ2) is 5.58. The first-order chi connectivity index (χ1) is 8.15. The Morgan fingerprint density at radius 3 is 2.82 bits per heavy atom. The molecule has 0 aliphatic rings. The van der Waals surface area contributed by atoms with Crippen molar-refractivity contribution in [1.82, 2.24) is 9.97 Å². The van der Waals surface area contributed by atoms with Crippen molar-refractivity contribution in [2.75, 3.05) is 0 Å². The molecule has 17 heavy (non-hydrogen) atoms. The van der Waals surface area contributed by atoms with E-state index in [4.69, 9.17) is 23.2 Å². The van der Waals surface area contributed by atoms with Crippen LogP contribution in [0.2, 0.25) is 10.0 Å². The van der Waals surface area contributed by atoms with Gasteiger partial charge in [-0.1, -0.05) is 41.0 Å². The highest BCUT2D eigenvalue weighted by Crippen LogP contribution is 2.26. The first-order valence-corrected chi connectivity index (χ1v) is 6.51. The summed E-state index contributed by atoms with van der Waals surface area (Å²) in [5.41, 5.74) is 0.789. The standard InChI is InChI=1S/C11H8Cl2N2OS/c12-8-2-1-7(9(13)5-8)6-17-11-14-4-3-10(16)15-11/h1-5H,6H2,(H,14,15,16). The summed E-state index contributed by atoms with van der Waals surface area (Å²) in [7, 11) is 0. The van der Waals surface area contributed by atoms with Crippen molar-refractivity contribution in [3.05, 3.63) is 56.4 Å². The summed E-state index contributed by atoms with van der Waals surface area (Å²) in [6.07, 6.45) is 1.48.